The Morgan fingerprint density at radius 3 is 2.84 bits per heavy atom. The minimum atomic E-state index is -0.272. The van der Waals surface area contributed by atoms with Gasteiger partial charge >= 0.3 is 0 Å². The van der Waals surface area contributed by atoms with Crippen molar-refractivity contribution >= 4 is 28.4 Å². The molecule has 0 unspecified atom stereocenters. The number of likely N-dealkylation sites (N-methyl/N-ethyl adjacent to an activating group) is 1. The zero-order valence-corrected chi connectivity index (χ0v) is 17.5. The third-order valence-corrected chi connectivity index (χ3v) is 6.53. The van der Waals surface area contributed by atoms with Crippen LogP contribution in [0.3, 0.4) is 0 Å². The second kappa shape index (κ2) is 7.27. The monoisotopic (exact) mass is 415 g/mol. The largest absolute Gasteiger partial charge is 0.398 e. The van der Waals surface area contributed by atoms with Crippen molar-refractivity contribution in [3.05, 3.63) is 59.3 Å². The van der Waals surface area contributed by atoms with Gasteiger partial charge in [0.25, 0.3) is 5.91 Å². The highest BCUT2D eigenvalue weighted by atomic mass is 16.2. The molecule has 7 nitrogen and oxygen atoms in total. The molecular weight excluding hydrogens is 390 g/mol. The number of anilines is 1. The van der Waals surface area contributed by atoms with E-state index in [4.69, 9.17) is 5.73 Å². The second-order valence-electron chi connectivity index (χ2n) is 8.40. The number of benzene rings is 2. The van der Waals surface area contributed by atoms with E-state index in [1.54, 1.807) is 18.0 Å². The number of aromatic nitrogens is 2. The van der Waals surface area contributed by atoms with Gasteiger partial charge in [-0.05, 0) is 47.7 Å². The third-order valence-electron chi connectivity index (χ3n) is 6.53. The van der Waals surface area contributed by atoms with Crippen LogP contribution in [0, 0.1) is 0 Å². The molecule has 1 aliphatic heterocycles. The van der Waals surface area contributed by atoms with Crippen LogP contribution in [0.4, 0.5) is 5.69 Å². The van der Waals surface area contributed by atoms with Crippen LogP contribution < -0.4 is 11.1 Å². The molecule has 0 atom stereocenters. The fraction of sp³-hybridized carbons (Fsp3) is 0.292. The summed E-state index contributed by atoms with van der Waals surface area (Å²) < 4.78 is 0. The van der Waals surface area contributed by atoms with Gasteiger partial charge in [-0.25, -0.2) is 0 Å². The fourth-order valence-electron chi connectivity index (χ4n) is 4.59. The average Bonchev–Trinajstić information content (AvgIpc) is 3.28. The number of hydrogen-bond donors (Lipinski definition) is 3. The van der Waals surface area contributed by atoms with Crippen LogP contribution in [-0.4, -0.2) is 40.5 Å². The van der Waals surface area contributed by atoms with Gasteiger partial charge in [0.15, 0.2) is 0 Å². The zero-order valence-electron chi connectivity index (χ0n) is 17.5. The number of carbonyl (C=O) groups excluding carboxylic acids is 2. The Balaban J connectivity index is 1.54. The Morgan fingerprint density at radius 1 is 1.32 bits per heavy atom. The number of fused-ring (bicyclic) bond motifs is 2. The van der Waals surface area contributed by atoms with E-state index in [1.165, 1.54) is 25.0 Å². The highest BCUT2D eigenvalue weighted by Gasteiger charge is 2.33. The quantitative estimate of drug-likeness (QED) is 0.439. The molecule has 1 aliphatic carbocycles. The lowest BCUT2D eigenvalue weighted by atomic mass is 9.81. The highest BCUT2D eigenvalue weighted by Crippen LogP contribution is 2.41. The standard InChI is InChI=1S/C24H25N5O2/c1-13(23(30)26-2)11-29-12-18-16(7-8-19(25)21(18)24(29)31)15-6-9-20-17(10-15)22(28-27-20)14-4-3-5-14/h6-10,14H,1,3-5,11-12,25H2,2H3,(H,26,30)(H,27,28). The van der Waals surface area contributed by atoms with E-state index in [0.717, 1.165) is 27.6 Å². The lowest BCUT2D eigenvalue weighted by Gasteiger charge is -2.24. The summed E-state index contributed by atoms with van der Waals surface area (Å²) in [6, 6.07) is 9.98. The highest BCUT2D eigenvalue weighted by molar-refractivity contribution is 6.06. The summed E-state index contributed by atoms with van der Waals surface area (Å²) in [4.78, 5) is 26.6. The van der Waals surface area contributed by atoms with Gasteiger partial charge in [0.2, 0.25) is 5.91 Å². The number of carbonyl (C=O) groups is 2. The van der Waals surface area contributed by atoms with E-state index in [0.29, 0.717) is 29.3 Å². The van der Waals surface area contributed by atoms with Crippen molar-refractivity contribution in [3.8, 4) is 11.1 Å². The normalized spacial score (nSPS) is 15.8. The number of nitrogens with two attached hydrogens (primary N) is 1. The molecule has 31 heavy (non-hydrogen) atoms. The summed E-state index contributed by atoms with van der Waals surface area (Å²) in [5, 5.41) is 11.4. The lowest BCUT2D eigenvalue weighted by Crippen LogP contribution is -2.31. The van der Waals surface area contributed by atoms with Crippen molar-refractivity contribution in [2.75, 3.05) is 19.3 Å². The Morgan fingerprint density at radius 2 is 2.13 bits per heavy atom. The molecule has 2 aromatic carbocycles. The molecule has 0 radical (unpaired) electrons. The summed E-state index contributed by atoms with van der Waals surface area (Å²) >= 11 is 0. The molecule has 1 aromatic heterocycles. The molecule has 5 rings (SSSR count). The van der Waals surface area contributed by atoms with E-state index in [-0.39, 0.29) is 18.4 Å². The van der Waals surface area contributed by atoms with Gasteiger partial charge in [-0.1, -0.05) is 25.1 Å². The van der Waals surface area contributed by atoms with E-state index < -0.39 is 0 Å². The first kappa shape index (κ1) is 19.4. The summed E-state index contributed by atoms with van der Waals surface area (Å²) in [5.74, 6) is 0.106. The summed E-state index contributed by atoms with van der Waals surface area (Å²) in [6.45, 7) is 4.37. The molecule has 7 heteroatoms. The number of nitrogens with one attached hydrogen (secondary N) is 2. The molecule has 2 heterocycles. The van der Waals surface area contributed by atoms with Gasteiger partial charge in [0.1, 0.15) is 0 Å². The van der Waals surface area contributed by atoms with Crippen LogP contribution in [0.1, 0.15) is 46.8 Å². The van der Waals surface area contributed by atoms with Crippen molar-refractivity contribution in [1.82, 2.24) is 20.4 Å². The molecule has 1 saturated carbocycles. The van der Waals surface area contributed by atoms with Gasteiger partial charge < -0.3 is 16.0 Å². The Kier molecular flexibility index (Phi) is 4.54. The first-order valence-electron chi connectivity index (χ1n) is 10.6. The summed E-state index contributed by atoms with van der Waals surface area (Å²) in [6.07, 6.45) is 3.64. The first-order chi connectivity index (χ1) is 15.0. The van der Waals surface area contributed by atoms with Crippen LogP contribution >= 0.6 is 0 Å². The Hall–Kier alpha value is -3.61. The number of amides is 2. The number of nitrogen functional groups attached to an aromatic ring is 1. The van der Waals surface area contributed by atoms with Crippen LogP contribution in [0.15, 0.2) is 42.5 Å². The smallest absolute Gasteiger partial charge is 0.256 e. The van der Waals surface area contributed by atoms with Crippen molar-refractivity contribution in [3.63, 3.8) is 0 Å². The topological polar surface area (TPSA) is 104 Å². The average molecular weight is 415 g/mol. The van der Waals surface area contributed by atoms with Gasteiger partial charge in [0, 0.05) is 41.9 Å². The van der Waals surface area contributed by atoms with Crippen molar-refractivity contribution in [2.45, 2.75) is 31.7 Å². The van der Waals surface area contributed by atoms with E-state index >= 15 is 0 Å². The predicted molar refractivity (Wildman–Crippen MR) is 120 cm³/mol. The molecule has 2 aliphatic rings. The number of nitrogens with zero attached hydrogens (tertiary/aromatic N) is 2. The zero-order chi connectivity index (χ0) is 21.7. The number of aromatic amines is 1. The number of rotatable bonds is 5. The van der Waals surface area contributed by atoms with Crippen LogP contribution in [0.2, 0.25) is 0 Å². The maximum Gasteiger partial charge on any atom is 0.256 e. The minimum Gasteiger partial charge on any atom is -0.398 e. The molecular formula is C24H25N5O2. The fourth-order valence-corrected chi connectivity index (χ4v) is 4.59. The Labute approximate surface area is 180 Å². The van der Waals surface area contributed by atoms with E-state index in [2.05, 4.69) is 28.2 Å². The van der Waals surface area contributed by atoms with Crippen LogP contribution in [-0.2, 0) is 11.3 Å². The summed E-state index contributed by atoms with van der Waals surface area (Å²) in [7, 11) is 1.55. The molecule has 0 saturated heterocycles. The van der Waals surface area contributed by atoms with Gasteiger partial charge in [0.05, 0.1) is 17.6 Å². The molecule has 158 valence electrons. The lowest BCUT2D eigenvalue weighted by molar-refractivity contribution is -0.117. The molecule has 4 N–H and O–H groups in total. The third kappa shape index (κ3) is 3.08. The second-order valence-corrected chi connectivity index (χ2v) is 8.40. The molecule has 1 fully saturated rings. The van der Waals surface area contributed by atoms with Gasteiger partial charge in [-0.3, -0.25) is 14.7 Å². The van der Waals surface area contributed by atoms with E-state index in [9.17, 15) is 9.59 Å². The van der Waals surface area contributed by atoms with Gasteiger partial charge in [-0.2, -0.15) is 5.10 Å². The van der Waals surface area contributed by atoms with Crippen LogP contribution in [0.5, 0.6) is 0 Å². The summed E-state index contributed by atoms with van der Waals surface area (Å²) in [5.41, 5.74) is 12.6. The van der Waals surface area contributed by atoms with Crippen molar-refractivity contribution in [2.24, 2.45) is 0 Å². The van der Waals surface area contributed by atoms with Crippen LogP contribution in [0.25, 0.3) is 22.0 Å². The molecule has 0 spiro atoms. The molecule has 2 amide bonds. The maximum atomic E-state index is 13.1. The van der Waals surface area contributed by atoms with E-state index in [1.807, 2.05) is 18.2 Å². The van der Waals surface area contributed by atoms with Crippen molar-refractivity contribution in [1.29, 1.82) is 0 Å². The Bertz CT molecular complexity index is 1240. The maximum absolute atomic E-state index is 13.1. The number of hydrogen-bond acceptors (Lipinski definition) is 4. The molecule has 0 bridgehead atoms. The first-order valence-corrected chi connectivity index (χ1v) is 10.6. The van der Waals surface area contributed by atoms with Gasteiger partial charge in [-0.15, -0.1) is 0 Å². The number of H-pyrrole nitrogens is 1. The molecule has 3 aromatic rings. The minimum absolute atomic E-state index is 0.165. The predicted octanol–water partition coefficient (Wildman–Crippen LogP) is 3.34. The SMILES string of the molecule is C=C(CN1Cc2c(-c3ccc4n[nH]c(C5CCC5)c4c3)ccc(N)c2C1=O)C(=O)NC. The van der Waals surface area contributed by atoms with Crippen molar-refractivity contribution < 1.29 is 9.59 Å².